The molecule has 0 atom stereocenters. The van der Waals surface area contributed by atoms with Crippen molar-refractivity contribution in [3.8, 4) is 0 Å². The molecule has 0 saturated carbocycles. The van der Waals surface area contributed by atoms with Gasteiger partial charge in [-0.2, -0.15) is 0 Å². The molecule has 1 rings (SSSR count). The fourth-order valence-corrected chi connectivity index (χ4v) is 0.817. The summed E-state index contributed by atoms with van der Waals surface area (Å²) in [5.74, 6) is 0. The van der Waals surface area contributed by atoms with E-state index < -0.39 is 0 Å². The minimum atomic E-state index is 0. The van der Waals surface area contributed by atoms with Crippen LogP contribution in [0.4, 0.5) is 11.4 Å². The summed E-state index contributed by atoms with van der Waals surface area (Å²) in [5.41, 5.74) is 1.67. The first-order valence-electron chi connectivity index (χ1n) is 3.36. The normalized spacial score (nSPS) is 6.93. The molecule has 1 aromatic rings. The molecule has 0 amide bonds. The Balaban J connectivity index is -0.000000403. The minimum Gasteiger partial charge on any atom is -0.378 e. The number of diazo groups is 1. The van der Waals surface area contributed by atoms with Crippen molar-refractivity contribution >= 4 is 36.2 Å². The molecule has 0 bridgehead atoms. The average molecular weight is 287 g/mol. The Kier molecular flexibility index (Phi) is 12.7. The molecule has 0 heterocycles. The van der Waals surface area contributed by atoms with Gasteiger partial charge in [-0.3, -0.25) is 0 Å². The zero-order chi connectivity index (χ0) is 8.27. The Labute approximate surface area is 109 Å². The summed E-state index contributed by atoms with van der Waals surface area (Å²) >= 11 is 0. The molecule has 0 unspecified atom stereocenters. The van der Waals surface area contributed by atoms with Crippen LogP contribution in [0.15, 0.2) is 24.3 Å². The summed E-state index contributed by atoms with van der Waals surface area (Å²) in [6.07, 6.45) is 0. The van der Waals surface area contributed by atoms with Gasteiger partial charge >= 0.3 is 25.2 Å². The number of halogens is 2. The van der Waals surface area contributed by atoms with Gasteiger partial charge < -0.3 is 4.90 Å². The molecule has 6 heteroatoms. The number of hydrogen-bond acceptors (Lipinski definition) is 2. The number of hydrogen-bond donors (Lipinski definition) is 0. The number of benzene rings is 1. The fraction of sp³-hybridized carbons (Fsp3) is 0.250. The molecule has 0 aromatic heterocycles. The molecule has 0 saturated heterocycles. The van der Waals surface area contributed by atoms with Crippen LogP contribution in [0.3, 0.4) is 0 Å². The Morgan fingerprint density at radius 3 is 1.79 bits per heavy atom. The SMILES string of the molecule is CN(C)c1ccc([N+]#N)cc1.Cl.Cl.[Zn+2]. The molecule has 0 aliphatic carbocycles. The zero-order valence-electron chi connectivity index (χ0n) is 8.17. The number of rotatable bonds is 1. The summed E-state index contributed by atoms with van der Waals surface area (Å²) in [5, 5.41) is 8.38. The van der Waals surface area contributed by atoms with Gasteiger partial charge in [-0.1, -0.05) is 0 Å². The molecule has 0 aliphatic rings. The van der Waals surface area contributed by atoms with Crippen molar-refractivity contribution < 1.29 is 19.5 Å². The van der Waals surface area contributed by atoms with E-state index in [4.69, 9.17) is 5.39 Å². The van der Waals surface area contributed by atoms with Crippen LogP contribution in [0.2, 0.25) is 0 Å². The second-order valence-electron chi connectivity index (χ2n) is 2.51. The first-order valence-corrected chi connectivity index (χ1v) is 3.36. The van der Waals surface area contributed by atoms with Crippen molar-refractivity contribution in [3.05, 3.63) is 29.2 Å². The summed E-state index contributed by atoms with van der Waals surface area (Å²) in [4.78, 5) is 5.04. The van der Waals surface area contributed by atoms with Crippen molar-refractivity contribution in [2.24, 2.45) is 0 Å². The molecule has 0 fully saturated rings. The van der Waals surface area contributed by atoms with Gasteiger partial charge in [0.15, 0.2) is 4.98 Å². The van der Waals surface area contributed by atoms with Crippen LogP contribution in [0.5, 0.6) is 0 Å². The molecule has 0 radical (unpaired) electrons. The number of anilines is 1. The maximum absolute atomic E-state index is 8.38. The summed E-state index contributed by atoms with van der Waals surface area (Å²) in [6, 6.07) is 7.31. The zero-order valence-corrected chi connectivity index (χ0v) is 12.8. The molecular formula is C8H12Cl2N3Zn+3. The van der Waals surface area contributed by atoms with Gasteiger partial charge in [0, 0.05) is 31.9 Å². The van der Waals surface area contributed by atoms with Crippen molar-refractivity contribution in [1.29, 1.82) is 5.39 Å². The third-order valence-corrected chi connectivity index (χ3v) is 1.48. The van der Waals surface area contributed by atoms with Gasteiger partial charge in [0.2, 0.25) is 5.39 Å². The molecule has 0 spiro atoms. The van der Waals surface area contributed by atoms with E-state index in [1.807, 2.05) is 31.1 Å². The maximum atomic E-state index is 8.38. The van der Waals surface area contributed by atoms with Crippen LogP contribution in [-0.4, -0.2) is 14.1 Å². The van der Waals surface area contributed by atoms with Gasteiger partial charge in [-0.05, 0) is 12.1 Å². The Bertz CT molecular complexity index is 282. The smallest absolute Gasteiger partial charge is 0.378 e. The number of nitrogens with zero attached hydrogens (tertiary/aromatic N) is 3. The average Bonchev–Trinajstić information content (AvgIpc) is 2.05. The maximum Gasteiger partial charge on any atom is 2.00 e. The predicted molar refractivity (Wildman–Crippen MR) is 60.0 cm³/mol. The van der Waals surface area contributed by atoms with Crippen molar-refractivity contribution in [3.63, 3.8) is 0 Å². The van der Waals surface area contributed by atoms with Crippen molar-refractivity contribution in [2.45, 2.75) is 0 Å². The van der Waals surface area contributed by atoms with Gasteiger partial charge in [-0.25, -0.2) is 0 Å². The third kappa shape index (κ3) is 5.39. The van der Waals surface area contributed by atoms with Crippen LogP contribution >= 0.6 is 24.8 Å². The standard InChI is InChI=1S/C8H10N3.2ClH.Zn/c1-11(2)8-5-3-7(10-9)4-6-8;;;/h3-6H,1-2H3;2*1H;/q+1;;;+2. The minimum absolute atomic E-state index is 0. The van der Waals surface area contributed by atoms with Crippen LogP contribution in [-0.2, 0) is 19.5 Å². The molecule has 3 nitrogen and oxygen atoms in total. The van der Waals surface area contributed by atoms with E-state index in [-0.39, 0.29) is 44.3 Å². The van der Waals surface area contributed by atoms with Crippen LogP contribution < -0.4 is 4.90 Å². The van der Waals surface area contributed by atoms with Crippen LogP contribution in [0, 0.1) is 5.39 Å². The molecule has 0 aliphatic heterocycles. The first-order chi connectivity index (χ1) is 5.24. The Hall–Kier alpha value is -0.357. The van der Waals surface area contributed by atoms with Gasteiger partial charge in [0.05, 0.1) is 0 Å². The Morgan fingerprint density at radius 2 is 1.50 bits per heavy atom. The second-order valence-corrected chi connectivity index (χ2v) is 2.51. The van der Waals surface area contributed by atoms with E-state index in [1.54, 1.807) is 12.1 Å². The van der Waals surface area contributed by atoms with Gasteiger partial charge in [0.1, 0.15) is 0 Å². The van der Waals surface area contributed by atoms with Crippen LogP contribution in [0.1, 0.15) is 0 Å². The molecule has 14 heavy (non-hydrogen) atoms. The van der Waals surface area contributed by atoms with Crippen LogP contribution in [0.25, 0.3) is 4.98 Å². The second kappa shape index (κ2) is 9.21. The molecule has 0 N–H and O–H groups in total. The monoisotopic (exact) mass is 284 g/mol. The first kappa shape index (κ1) is 19.3. The predicted octanol–water partition coefficient (Wildman–Crippen LogP) is 3.08. The fourth-order valence-electron chi connectivity index (χ4n) is 0.817. The summed E-state index contributed by atoms with van der Waals surface area (Å²) < 4.78 is 0. The van der Waals surface area contributed by atoms with Gasteiger partial charge in [-0.15, -0.1) is 24.8 Å². The van der Waals surface area contributed by atoms with E-state index in [0.717, 1.165) is 5.69 Å². The van der Waals surface area contributed by atoms with E-state index in [0.29, 0.717) is 5.69 Å². The van der Waals surface area contributed by atoms with Crippen molar-refractivity contribution in [2.75, 3.05) is 19.0 Å². The third-order valence-electron chi connectivity index (χ3n) is 1.48. The van der Waals surface area contributed by atoms with E-state index >= 15 is 0 Å². The molecule has 1 aromatic carbocycles. The van der Waals surface area contributed by atoms with E-state index in [2.05, 4.69) is 4.98 Å². The topological polar surface area (TPSA) is 31.4 Å². The quantitative estimate of drug-likeness (QED) is 0.587. The summed E-state index contributed by atoms with van der Waals surface area (Å²) in [6.45, 7) is 0. The summed E-state index contributed by atoms with van der Waals surface area (Å²) in [7, 11) is 3.93. The Morgan fingerprint density at radius 1 is 1.07 bits per heavy atom. The van der Waals surface area contributed by atoms with E-state index in [1.165, 1.54) is 0 Å². The largest absolute Gasteiger partial charge is 2.00 e. The van der Waals surface area contributed by atoms with Gasteiger partial charge in [0.25, 0.3) is 0 Å². The molecule has 72 valence electrons. The van der Waals surface area contributed by atoms with E-state index in [9.17, 15) is 0 Å². The molecular weight excluding hydrogens is 274 g/mol. The van der Waals surface area contributed by atoms with Crippen molar-refractivity contribution in [1.82, 2.24) is 0 Å².